The summed E-state index contributed by atoms with van der Waals surface area (Å²) in [5, 5.41) is 12.0. The van der Waals surface area contributed by atoms with E-state index in [1.807, 2.05) is 18.2 Å². The van der Waals surface area contributed by atoms with Gasteiger partial charge in [-0.25, -0.2) is 4.98 Å². The lowest BCUT2D eigenvalue weighted by Gasteiger charge is -2.08. The zero-order valence-electron chi connectivity index (χ0n) is 10.7. The van der Waals surface area contributed by atoms with Crippen molar-refractivity contribution in [3.63, 3.8) is 0 Å². The van der Waals surface area contributed by atoms with Crippen molar-refractivity contribution in [2.45, 2.75) is 25.8 Å². The first-order valence-corrected chi connectivity index (χ1v) is 7.64. The number of amides is 1. The van der Waals surface area contributed by atoms with E-state index < -0.39 is 12.0 Å². The van der Waals surface area contributed by atoms with E-state index in [0.717, 1.165) is 19.7 Å². The van der Waals surface area contributed by atoms with Gasteiger partial charge in [0.2, 0.25) is 5.91 Å². The molecule has 0 radical (unpaired) electrons. The first-order valence-electron chi connectivity index (χ1n) is 6.03. The molecule has 5 nitrogen and oxygen atoms in total. The third kappa shape index (κ3) is 3.77. The maximum absolute atomic E-state index is 11.6. The van der Waals surface area contributed by atoms with Crippen LogP contribution in [0.25, 0.3) is 10.2 Å². The molecule has 7 heteroatoms. The van der Waals surface area contributed by atoms with Gasteiger partial charge in [-0.1, -0.05) is 15.9 Å². The van der Waals surface area contributed by atoms with Crippen molar-refractivity contribution in [1.29, 1.82) is 0 Å². The molecule has 0 bridgehead atoms. The van der Waals surface area contributed by atoms with Crippen LogP contribution in [0, 0.1) is 0 Å². The molecule has 2 rings (SSSR count). The Bertz CT molecular complexity index is 656. The molecule has 0 saturated heterocycles. The van der Waals surface area contributed by atoms with Gasteiger partial charge in [-0.05, 0) is 25.1 Å². The molecular formula is C13H13BrN2O3S. The number of carbonyl (C=O) groups is 2. The van der Waals surface area contributed by atoms with Crippen LogP contribution >= 0.6 is 27.3 Å². The van der Waals surface area contributed by atoms with Crippen LogP contribution in [0.3, 0.4) is 0 Å². The van der Waals surface area contributed by atoms with Crippen molar-refractivity contribution in [3.8, 4) is 0 Å². The number of nitrogens with one attached hydrogen (secondary N) is 1. The normalized spacial score (nSPS) is 12.3. The standard InChI is InChI=1S/C13H13BrN2O3S/c1-7(13(18)19)15-11(17)4-5-12-16-9-6-8(14)2-3-10(9)20-12/h2-3,6-7H,4-5H2,1H3,(H,15,17)(H,18,19)/t7-/m1/s1. The molecular weight excluding hydrogens is 344 g/mol. The first-order chi connectivity index (χ1) is 9.45. The molecule has 0 aliphatic rings. The van der Waals surface area contributed by atoms with E-state index in [0.29, 0.717) is 6.42 Å². The summed E-state index contributed by atoms with van der Waals surface area (Å²) in [5.41, 5.74) is 0.902. The average Bonchev–Trinajstić information content (AvgIpc) is 2.78. The molecule has 1 heterocycles. The fraction of sp³-hybridized carbons (Fsp3) is 0.308. The van der Waals surface area contributed by atoms with E-state index in [4.69, 9.17) is 5.11 Å². The van der Waals surface area contributed by atoms with Gasteiger partial charge in [-0.2, -0.15) is 0 Å². The zero-order valence-corrected chi connectivity index (χ0v) is 13.1. The minimum absolute atomic E-state index is 0.235. The van der Waals surface area contributed by atoms with Crippen LogP contribution in [0.15, 0.2) is 22.7 Å². The molecule has 2 N–H and O–H groups in total. The Morgan fingerprint density at radius 1 is 1.50 bits per heavy atom. The number of thiazole rings is 1. The van der Waals surface area contributed by atoms with E-state index in [1.54, 1.807) is 11.3 Å². The summed E-state index contributed by atoms with van der Waals surface area (Å²) in [6, 6.07) is 4.99. The van der Waals surface area contributed by atoms with Crippen molar-refractivity contribution in [3.05, 3.63) is 27.7 Å². The largest absolute Gasteiger partial charge is 0.480 e. The van der Waals surface area contributed by atoms with E-state index >= 15 is 0 Å². The summed E-state index contributed by atoms with van der Waals surface area (Å²) in [7, 11) is 0. The lowest BCUT2D eigenvalue weighted by molar-refractivity contribution is -0.141. The molecule has 0 fully saturated rings. The minimum Gasteiger partial charge on any atom is -0.480 e. The summed E-state index contributed by atoms with van der Waals surface area (Å²) < 4.78 is 2.04. The molecule has 0 aliphatic carbocycles. The van der Waals surface area contributed by atoms with Gasteiger partial charge in [0.1, 0.15) is 6.04 Å². The van der Waals surface area contributed by atoms with Crippen LogP contribution < -0.4 is 5.32 Å². The Labute approximate surface area is 128 Å². The minimum atomic E-state index is -1.04. The van der Waals surface area contributed by atoms with Gasteiger partial charge in [0.25, 0.3) is 0 Å². The molecule has 1 atom stereocenters. The Balaban J connectivity index is 1.95. The molecule has 1 amide bonds. The zero-order chi connectivity index (χ0) is 14.7. The Hall–Kier alpha value is -1.47. The number of carboxylic acids is 1. The molecule has 2 aromatic rings. The highest BCUT2D eigenvalue weighted by molar-refractivity contribution is 9.10. The Morgan fingerprint density at radius 2 is 2.25 bits per heavy atom. The Kier molecular flexibility index (Phi) is 4.72. The van der Waals surface area contributed by atoms with Crippen LogP contribution in [0.1, 0.15) is 18.4 Å². The van der Waals surface area contributed by atoms with E-state index in [1.165, 1.54) is 6.92 Å². The summed E-state index contributed by atoms with van der Waals surface area (Å²) in [4.78, 5) is 26.7. The maximum atomic E-state index is 11.6. The smallest absolute Gasteiger partial charge is 0.325 e. The molecule has 20 heavy (non-hydrogen) atoms. The van der Waals surface area contributed by atoms with Gasteiger partial charge in [0.15, 0.2) is 0 Å². The van der Waals surface area contributed by atoms with Crippen molar-refractivity contribution >= 4 is 49.4 Å². The van der Waals surface area contributed by atoms with Crippen molar-refractivity contribution in [1.82, 2.24) is 10.3 Å². The molecule has 1 aromatic heterocycles. The highest BCUT2D eigenvalue weighted by Crippen LogP contribution is 2.25. The van der Waals surface area contributed by atoms with Gasteiger partial charge < -0.3 is 10.4 Å². The molecule has 106 valence electrons. The van der Waals surface area contributed by atoms with E-state index in [-0.39, 0.29) is 12.3 Å². The van der Waals surface area contributed by atoms with Gasteiger partial charge >= 0.3 is 5.97 Å². The monoisotopic (exact) mass is 356 g/mol. The number of hydrogen-bond acceptors (Lipinski definition) is 4. The molecule has 0 unspecified atom stereocenters. The second-order valence-corrected chi connectivity index (χ2v) is 6.38. The molecule has 0 saturated carbocycles. The number of carbonyl (C=O) groups excluding carboxylic acids is 1. The topological polar surface area (TPSA) is 79.3 Å². The van der Waals surface area contributed by atoms with Gasteiger partial charge in [0.05, 0.1) is 15.2 Å². The predicted octanol–water partition coefficient (Wildman–Crippen LogP) is 2.58. The molecule has 1 aromatic carbocycles. The molecule has 0 aliphatic heterocycles. The molecule has 0 spiro atoms. The fourth-order valence-electron chi connectivity index (χ4n) is 1.65. The van der Waals surface area contributed by atoms with Crippen LogP contribution in [0.4, 0.5) is 0 Å². The predicted molar refractivity (Wildman–Crippen MR) is 80.9 cm³/mol. The number of aryl methyl sites for hydroxylation is 1. The summed E-state index contributed by atoms with van der Waals surface area (Å²) in [5.74, 6) is -1.32. The third-order valence-electron chi connectivity index (χ3n) is 2.71. The lowest BCUT2D eigenvalue weighted by Crippen LogP contribution is -2.38. The van der Waals surface area contributed by atoms with Crippen molar-refractivity contribution in [2.75, 3.05) is 0 Å². The van der Waals surface area contributed by atoms with Crippen LogP contribution in [0.2, 0.25) is 0 Å². The van der Waals surface area contributed by atoms with Crippen molar-refractivity contribution < 1.29 is 14.7 Å². The van der Waals surface area contributed by atoms with Gasteiger partial charge in [0, 0.05) is 17.3 Å². The number of nitrogens with zero attached hydrogens (tertiary/aromatic N) is 1. The first kappa shape index (κ1) is 14.9. The number of rotatable bonds is 5. The van der Waals surface area contributed by atoms with Crippen molar-refractivity contribution in [2.24, 2.45) is 0 Å². The number of fused-ring (bicyclic) bond motifs is 1. The number of benzene rings is 1. The van der Waals surface area contributed by atoms with Crippen LogP contribution in [-0.4, -0.2) is 28.0 Å². The summed E-state index contributed by atoms with van der Waals surface area (Å²) in [6.45, 7) is 1.44. The second-order valence-electron chi connectivity index (χ2n) is 4.35. The lowest BCUT2D eigenvalue weighted by atomic mass is 10.2. The van der Waals surface area contributed by atoms with E-state index in [9.17, 15) is 9.59 Å². The number of carboxylic acid groups (broad SMARTS) is 1. The van der Waals surface area contributed by atoms with Gasteiger partial charge in [-0.3, -0.25) is 9.59 Å². The number of halogens is 1. The quantitative estimate of drug-likeness (QED) is 0.862. The van der Waals surface area contributed by atoms with E-state index in [2.05, 4.69) is 26.2 Å². The SMILES string of the molecule is C[C@@H](NC(=O)CCc1nc2cc(Br)ccc2s1)C(=O)O. The number of aromatic nitrogens is 1. The third-order valence-corrected chi connectivity index (χ3v) is 4.30. The Morgan fingerprint density at radius 3 is 2.95 bits per heavy atom. The summed E-state index contributed by atoms with van der Waals surface area (Å²) in [6.07, 6.45) is 0.744. The highest BCUT2D eigenvalue weighted by Gasteiger charge is 2.14. The summed E-state index contributed by atoms with van der Waals surface area (Å²) >= 11 is 4.93. The number of aliphatic carboxylic acids is 1. The van der Waals surface area contributed by atoms with Crippen LogP contribution in [-0.2, 0) is 16.0 Å². The highest BCUT2D eigenvalue weighted by atomic mass is 79.9. The van der Waals surface area contributed by atoms with Gasteiger partial charge in [-0.15, -0.1) is 11.3 Å². The fourth-order valence-corrected chi connectivity index (χ4v) is 2.95. The number of hydrogen-bond donors (Lipinski definition) is 2. The second kappa shape index (κ2) is 6.32. The maximum Gasteiger partial charge on any atom is 0.325 e. The average molecular weight is 357 g/mol. The van der Waals surface area contributed by atoms with Crippen LogP contribution in [0.5, 0.6) is 0 Å².